The van der Waals surface area contributed by atoms with Crippen LogP contribution < -0.4 is 5.32 Å². The second-order valence-electron chi connectivity index (χ2n) is 6.95. The monoisotopic (exact) mass is 287 g/mol. The largest absolute Gasteiger partial charge is 0.311 e. The zero-order valence-corrected chi connectivity index (χ0v) is 13.4. The molecule has 0 heterocycles. The minimum atomic E-state index is -2.86. The molecule has 3 nitrogen and oxygen atoms in total. The molecule has 0 aromatic heterocycles. The van der Waals surface area contributed by atoms with E-state index in [9.17, 15) is 8.42 Å². The molecule has 112 valence electrons. The molecule has 2 saturated carbocycles. The van der Waals surface area contributed by atoms with Crippen molar-refractivity contribution in [3.8, 4) is 0 Å². The summed E-state index contributed by atoms with van der Waals surface area (Å²) in [6.07, 6.45) is 9.08. The highest BCUT2D eigenvalue weighted by atomic mass is 32.2. The van der Waals surface area contributed by atoms with Crippen molar-refractivity contribution in [3.05, 3.63) is 0 Å². The van der Waals surface area contributed by atoms with Crippen molar-refractivity contribution in [3.63, 3.8) is 0 Å². The van der Waals surface area contributed by atoms with Gasteiger partial charge in [0, 0.05) is 18.3 Å². The van der Waals surface area contributed by atoms with Crippen LogP contribution in [0.5, 0.6) is 0 Å². The van der Waals surface area contributed by atoms with Gasteiger partial charge in [-0.05, 0) is 50.4 Å². The van der Waals surface area contributed by atoms with E-state index in [1.54, 1.807) is 0 Å². The molecule has 4 heteroatoms. The van der Waals surface area contributed by atoms with E-state index in [0.717, 1.165) is 37.5 Å². The fourth-order valence-electron chi connectivity index (χ4n) is 3.72. The Morgan fingerprint density at radius 1 is 0.895 bits per heavy atom. The van der Waals surface area contributed by atoms with E-state index < -0.39 is 9.84 Å². The Labute approximate surface area is 118 Å². The predicted octanol–water partition coefficient (Wildman–Crippen LogP) is 2.76. The summed E-state index contributed by atoms with van der Waals surface area (Å²) < 4.78 is 23.4. The third kappa shape index (κ3) is 4.19. The summed E-state index contributed by atoms with van der Waals surface area (Å²) in [7, 11) is -2.86. The lowest BCUT2D eigenvalue weighted by Gasteiger charge is -2.37. The molecule has 0 radical (unpaired) electrons. The summed E-state index contributed by atoms with van der Waals surface area (Å²) in [6, 6.07) is 1.02. The molecule has 5 atom stereocenters. The molecule has 0 aromatic rings. The summed E-state index contributed by atoms with van der Waals surface area (Å²) >= 11 is 0. The maximum absolute atomic E-state index is 11.7. The molecule has 5 unspecified atom stereocenters. The second-order valence-corrected chi connectivity index (χ2v) is 9.27. The van der Waals surface area contributed by atoms with Gasteiger partial charge in [-0.1, -0.05) is 20.3 Å². The van der Waals surface area contributed by atoms with Gasteiger partial charge in [0.15, 0.2) is 0 Å². The van der Waals surface area contributed by atoms with Crippen molar-refractivity contribution in [1.82, 2.24) is 5.32 Å². The van der Waals surface area contributed by atoms with Gasteiger partial charge in [-0.25, -0.2) is 8.42 Å². The van der Waals surface area contributed by atoms with Gasteiger partial charge in [-0.2, -0.15) is 0 Å². The average molecular weight is 287 g/mol. The third-order valence-electron chi connectivity index (χ3n) is 5.30. The smallest absolute Gasteiger partial charge is 0.150 e. The van der Waals surface area contributed by atoms with Gasteiger partial charge in [0.25, 0.3) is 0 Å². The van der Waals surface area contributed by atoms with Crippen molar-refractivity contribution in [2.45, 2.75) is 76.1 Å². The highest BCUT2D eigenvalue weighted by Crippen LogP contribution is 2.31. The summed E-state index contributed by atoms with van der Waals surface area (Å²) in [5.41, 5.74) is 0. The molecular weight excluding hydrogens is 258 g/mol. The Hall–Kier alpha value is -0.0900. The molecule has 0 spiro atoms. The lowest BCUT2D eigenvalue weighted by molar-refractivity contribution is 0.204. The predicted molar refractivity (Wildman–Crippen MR) is 80.0 cm³/mol. The maximum atomic E-state index is 11.7. The van der Waals surface area contributed by atoms with Crippen molar-refractivity contribution < 1.29 is 8.42 Å². The van der Waals surface area contributed by atoms with Crippen LogP contribution >= 0.6 is 0 Å². The van der Waals surface area contributed by atoms with Crippen LogP contribution in [0.25, 0.3) is 0 Å². The topological polar surface area (TPSA) is 46.2 Å². The maximum Gasteiger partial charge on any atom is 0.150 e. The Morgan fingerprint density at radius 2 is 1.58 bits per heavy atom. The molecule has 0 saturated heterocycles. The molecule has 0 aliphatic heterocycles. The zero-order valence-electron chi connectivity index (χ0n) is 12.6. The average Bonchev–Trinajstić information content (AvgIpc) is 2.33. The molecular formula is C15H29NO2S. The van der Waals surface area contributed by atoms with Crippen LogP contribution in [-0.2, 0) is 9.84 Å². The highest BCUT2D eigenvalue weighted by Gasteiger charge is 2.31. The minimum absolute atomic E-state index is 0.112. The Balaban J connectivity index is 1.86. The van der Waals surface area contributed by atoms with Crippen LogP contribution in [-0.4, -0.2) is 32.0 Å². The van der Waals surface area contributed by atoms with Crippen LogP contribution in [0.4, 0.5) is 0 Å². The second kappa shape index (κ2) is 6.13. The molecule has 0 aromatic carbocycles. The van der Waals surface area contributed by atoms with Gasteiger partial charge in [0.05, 0.1) is 5.25 Å². The first kappa shape index (κ1) is 15.3. The van der Waals surface area contributed by atoms with E-state index >= 15 is 0 Å². The van der Waals surface area contributed by atoms with Gasteiger partial charge in [-0.15, -0.1) is 0 Å². The van der Waals surface area contributed by atoms with Gasteiger partial charge in [0.1, 0.15) is 9.84 Å². The number of nitrogens with one attached hydrogen (secondary N) is 1. The molecule has 19 heavy (non-hydrogen) atoms. The lowest BCUT2D eigenvalue weighted by atomic mass is 9.78. The Kier molecular flexibility index (Phi) is 4.93. The van der Waals surface area contributed by atoms with Crippen LogP contribution in [0, 0.1) is 11.8 Å². The summed E-state index contributed by atoms with van der Waals surface area (Å²) in [5, 5.41) is 3.63. The van der Waals surface area contributed by atoms with Crippen LogP contribution in [0.15, 0.2) is 0 Å². The number of sulfone groups is 1. The quantitative estimate of drug-likeness (QED) is 0.868. The lowest BCUT2D eigenvalue weighted by Crippen LogP contribution is -2.46. The summed E-state index contributed by atoms with van der Waals surface area (Å²) in [4.78, 5) is 0. The minimum Gasteiger partial charge on any atom is -0.311 e. The Morgan fingerprint density at radius 3 is 2.21 bits per heavy atom. The highest BCUT2D eigenvalue weighted by molar-refractivity contribution is 7.91. The molecule has 1 N–H and O–H groups in total. The summed E-state index contributed by atoms with van der Waals surface area (Å²) in [5.74, 6) is 1.63. The van der Waals surface area contributed by atoms with Crippen molar-refractivity contribution in [2.24, 2.45) is 11.8 Å². The van der Waals surface area contributed by atoms with Crippen molar-refractivity contribution in [1.29, 1.82) is 0 Å². The number of hydrogen-bond acceptors (Lipinski definition) is 3. The van der Waals surface area contributed by atoms with E-state index in [1.807, 2.05) is 0 Å². The van der Waals surface area contributed by atoms with Crippen LogP contribution in [0.3, 0.4) is 0 Å². The van der Waals surface area contributed by atoms with Gasteiger partial charge >= 0.3 is 0 Å². The standard InChI is InChI=1S/C15H29NO2S/c1-11-7-8-14(9-12(11)2)16-13-5-4-6-15(10-13)19(3,17)18/h11-16H,4-10H2,1-3H3. The van der Waals surface area contributed by atoms with Crippen LogP contribution in [0.2, 0.25) is 0 Å². The summed E-state index contributed by atoms with van der Waals surface area (Å²) in [6.45, 7) is 4.69. The molecule has 2 aliphatic carbocycles. The van der Waals surface area contributed by atoms with E-state index in [2.05, 4.69) is 19.2 Å². The van der Waals surface area contributed by atoms with Gasteiger partial charge in [-0.3, -0.25) is 0 Å². The normalized spacial score (nSPS) is 41.1. The molecule has 0 bridgehead atoms. The van der Waals surface area contributed by atoms with E-state index in [0.29, 0.717) is 12.1 Å². The molecule has 2 rings (SSSR count). The van der Waals surface area contributed by atoms with Crippen LogP contribution in [0.1, 0.15) is 58.8 Å². The van der Waals surface area contributed by atoms with Gasteiger partial charge in [0.2, 0.25) is 0 Å². The fraction of sp³-hybridized carbons (Fsp3) is 1.00. The first-order chi connectivity index (χ1) is 8.86. The first-order valence-electron chi connectivity index (χ1n) is 7.81. The number of hydrogen-bond donors (Lipinski definition) is 1. The van der Waals surface area contributed by atoms with E-state index in [1.165, 1.54) is 25.5 Å². The van der Waals surface area contributed by atoms with Crippen molar-refractivity contribution in [2.75, 3.05) is 6.26 Å². The third-order valence-corrected chi connectivity index (χ3v) is 6.94. The van der Waals surface area contributed by atoms with E-state index in [4.69, 9.17) is 0 Å². The van der Waals surface area contributed by atoms with E-state index in [-0.39, 0.29) is 5.25 Å². The molecule has 2 fully saturated rings. The zero-order chi connectivity index (χ0) is 14.0. The molecule has 0 amide bonds. The molecule has 2 aliphatic rings. The van der Waals surface area contributed by atoms with Crippen molar-refractivity contribution >= 4 is 9.84 Å². The fourth-order valence-corrected chi connectivity index (χ4v) is 4.89. The Bertz CT molecular complexity index is 393. The van der Waals surface area contributed by atoms with Gasteiger partial charge < -0.3 is 5.32 Å². The number of rotatable bonds is 3. The SMILES string of the molecule is CC1CCC(NC2CCCC(S(C)(=O)=O)C2)CC1C. The first-order valence-corrected chi connectivity index (χ1v) is 9.76.